The number of aryl methyl sites for hydroxylation is 2. The van der Waals surface area contributed by atoms with E-state index in [0.717, 1.165) is 17.5 Å². The first-order valence-electron chi connectivity index (χ1n) is 6.72. The molecule has 114 valence electrons. The first-order valence-corrected chi connectivity index (χ1v) is 8.64. The summed E-state index contributed by atoms with van der Waals surface area (Å²) in [6.45, 7) is 10.4. The fourth-order valence-electron chi connectivity index (χ4n) is 1.90. The molecule has 0 spiro atoms. The number of nitrogens with one attached hydrogen (secondary N) is 1. The van der Waals surface area contributed by atoms with Crippen molar-refractivity contribution in [2.24, 2.45) is 5.41 Å². The maximum Gasteiger partial charge on any atom is 0.240 e. The van der Waals surface area contributed by atoms with Gasteiger partial charge in [0, 0.05) is 11.9 Å². The molecule has 0 saturated heterocycles. The Morgan fingerprint density at radius 2 is 1.80 bits per heavy atom. The van der Waals surface area contributed by atoms with Crippen molar-refractivity contribution >= 4 is 21.6 Å². The van der Waals surface area contributed by atoms with Crippen LogP contribution >= 0.6 is 11.6 Å². The smallest absolute Gasteiger partial charge is 0.210 e. The van der Waals surface area contributed by atoms with Crippen molar-refractivity contribution in [2.75, 3.05) is 6.54 Å². The van der Waals surface area contributed by atoms with Gasteiger partial charge in [-0.2, -0.15) is 0 Å². The molecule has 1 aromatic rings. The van der Waals surface area contributed by atoms with Gasteiger partial charge in [-0.25, -0.2) is 13.1 Å². The molecule has 1 aromatic carbocycles. The summed E-state index contributed by atoms with van der Waals surface area (Å²) in [5.74, 6) is 0. The second-order valence-corrected chi connectivity index (χ2v) is 8.84. The molecule has 0 saturated carbocycles. The van der Waals surface area contributed by atoms with E-state index in [2.05, 4.69) is 25.5 Å². The van der Waals surface area contributed by atoms with Crippen molar-refractivity contribution in [1.29, 1.82) is 0 Å². The minimum atomic E-state index is -3.48. The highest BCUT2D eigenvalue weighted by Crippen LogP contribution is 2.23. The maximum absolute atomic E-state index is 12.2. The van der Waals surface area contributed by atoms with Gasteiger partial charge in [-0.05, 0) is 48.9 Å². The van der Waals surface area contributed by atoms with Crippen molar-refractivity contribution in [3.63, 3.8) is 0 Å². The summed E-state index contributed by atoms with van der Waals surface area (Å²) in [7, 11) is -3.48. The Morgan fingerprint density at radius 1 is 1.20 bits per heavy atom. The predicted octanol–water partition coefficient (Wildman–Crippen LogP) is 3.63. The molecule has 5 heteroatoms. The van der Waals surface area contributed by atoms with Gasteiger partial charge in [-0.3, -0.25) is 0 Å². The molecule has 1 unspecified atom stereocenters. The fourth-order valence-corrected chi connectivity index (χ4v) is 3.70. The third-order valence-electron chi connectivity index (χ3n) is 3.12. The highest BCUT2D eigenvalue weighted by molar-refractivity contribution is 7.89. The van der Waals surface area contributed by atoms with E-state index in [0.29, 0.717) is 4.90 Å². The Morgan fingerprint density at radius 3 is 2.30 bits per heavy atom. The van der Waals surface area contributed by atoms with Crippen molar-refractivity contribution in [2.45, 2.75) is 51.3 Å². The van der Waals surface area contributed by atoms with Gasteiger partial charge in [0.05, 0.1) is 4.90 Å². The zero-order valence-electron chi connectivity index (χ0n) is 12.8. The van der Waals surface area contributed by atoms with Crippen LogP contribution in [0.1, 0.15) is 38.3 Å². The molecule has 1 N–H and O–H groups in total. The lowest BCUT2D eigenvalue weighted by Crippen LogP contribution is -2.31. The molecule has 0 aromatic heterocycles. The molecular formula is C15H24ClNO2S. The minimum absolute atomic E-state index is 0.0817. The van der Waals surface area contributed by atoms with Crippen LogP contribution in [0.5, 0.6) is 0 Å². The number of hydrogen-bond donors (Lipinski definition) is 1. The monoisotopic (exact) mass is 317 g/mol. The summed E-state index contributed by atoms with van der Waals surface area (Å²) in [5.41, 5.74) is 2.12. The van der Waals surface area contributed by atoms with Crippen LogP contribution in [-0.4, -0.2) is 20.3 Å². The van der Waals surface area contributed by atoms with Crippen LogP contribution in [0.4, 0.5) is 0 Å². The molecule has 0 fully saturated rings. The van der Waals surface area contributed by atoms with Crippen LogP contribution < -0.4 is 4.72 Å². The van der Waals surface area contributed by atoms with E-state index in [9.17, 15) is 8.42 Å². The van der Waals surface area contributed by atoms with Gasteiger partial charge in [0.2, 0.25) is 10.0 Å². The first-order chi connectivity index (χ1) is 9.01. The summed E-state index contributed by atoms with van der Waals surface area (Å²) < 4.78 is 27.0. The van der Waals surface area contributed by atoms with Gasteiger partial charge in [-0.15, -0.1) is 11.6 Å². The van der Waals surface area contributed by atoms with Gasteiger partial charge in [0.1, 0.15) is 0 Å². The van der Waals surface area contributed by atoms with Crippen molar-refractivity contribution in [3.8, 4) is 0 Å². The first kappa shape index (κ1) is 17.5. The second kappa shape index (κ2) is 6.46. The number of benzene rings is 1. The number of alkyl halides is 1. The molecular weight excluding hydrogens is 294 g/mol. The number of rotatable bonds is 5. The zero-order chi connectivity index (χ0) is 15.6. The van der Waals surface area contributed by atoms with E-state index in [1.807, 2.05) is 19.9 Å². The Kier molecular flexibility index (Phi) is 5.64. The molecule has 1 atom stereocenters. The third-order valence-corrected chi connectivity index (χ3v) is 4.85. The summed E-state index contributed by atoms with van der Waals surface area (Å²) >= 11 is 6.19. The van der Waals surface area contributed by atoms with E-state index in [1.165, 1.54) is 0 Å². The molecule has 0 aliphatic carbocycles. The highest BCUT2D eigenvalue weighted by atomic mass is 35.5. The third kappa shape index (κ3) is 5.43. The molecule has 0 bridgehead atoms. The number of sulfonamides is 1. The Labute approximate surface area is 127 Å². The lowest BCUT2D eigenvalue weighted by atomic mass is 9.90. The Hall–Kier alpha value is -0.580. The normalized spacial score (nSPS) is 14.3. The lowest BCUT2D eigenvalue weighted by Gasteiger charge is -2.22. The molecule has 0 heterocycles. The van der Waals surface area contributed by atoms with Crippen LogP contribution in [0, 0.1) is 19.3 Å². The van der Waals surface area contributed by atoms with Crippen LogP contribution in [-0.2, 0) is 10.0 Å². The Bertz CT molecular complexity index is 562. The summed E-state index contributed by atoms with van der Waals surface area (Å²) in [6.07, 6.45) is 0.754. The molecule has 0 aliphatic rings. The fraction of sp³-hybridized carbons (Fsp3) is 0.600. The number of halogens is 1. The summed E-state index contributed by atoms with van der Waals surface area (Å²) in [5, 5.41) is -0.212. The van der Waals surface area contributed by atoms with E-state index >= 15 is 0 Å². The van der Waals surface area contributed by atoms with Crippen LogP contribution in [0.3, 0.4) is 0 Å². The van der Waals surface area contributed by atoms with E-state index in [-0.39, 0.29) is 17.3 Å². The molecule has 20 heavy (non-hydrogen) atoms. The zero-order valence-corrected chi connectivity index (χ0v) is 14.4. The minimum Gasteiger partial charge on any atom is -0.210 e. The van der Waals surface area contributed by atoms with E-state index in [1.54, 1.807) is 12.1 Å². The van der Waals surface area contributed by atoms with Crippen molar-refractivity contribution < 1.29 is 8.42 Å². The predicted molar refractivity (Wildman–Crippen MR) is 84.8 cm³/mol. The van der Waals surface area contributed by atoms with E-state index < -0.39 is 10.0 Å². The standard InChI is InChI=1S/C15H24ClNO2S/c1-11-6-7-14(8-12(11)2)20(18,19)17-10-13(16)9-15(3,4)5/h6-8,13,17H,9-10H2,1-5H3. The summed E-state index contributed by atoms with van der Waals surface area (Å²) in [6, 6.07) is 5.12. The quantitative estimate of drug-likeness (QED) is 0.843. The summed E-state index contributed by atoms with van der Waals surface area (Å²) in [4.78, 5) is 0.292. The molecule has 3 nitrogen and oxygen atoms in total. The second-order valence-electron chi connectivity index (χ2n) is 6.46. The van der Waals surface area contributed by atoms with Crippen molar-refractivity contribution in [3.05, 3.63) is 29.3 Å². The topological polar surface area (TPSA) is 46.2 Å². The maximum atomic E-state index is 12.2. The lowest BCUT2D eigenvalue weighted by molar-refractivity contribution is 0.369. The van der Waals surface area contributed by atoms with Gasteiger partial charge in [0.15, 0.2) is 0 Å². The largest absolute Gasteiger partial charge is 0.240 e. The van der Waals surface area contributed by atoms with Crippen molar-refractivity contribution in [1.82, 2.24) is 4.72 Å². The van der Waals surface area contributed by atoms with Gasteiger partial charge in [-0.1, -0.05) is 26.8 Å². The van der Waals surface area contributed by atoms with Crippen LogP contribution in [0.2, 0.25) is 0 Å². The average Bonchev–Trinajstić information content (AvgIpc) is 2.28. The van der Waals surface area contributed by atoms with Crippen LogP contribution in [0.15, 0.2) is 23.1 Å². The highest BCUT2D eigenvalue weighted by Gasteiger charge is 2.20. The Balaban J connectivity index is 2.73. The molecule has 0 amide bonds. The molecule has 1 rings (SSSR count). The SMILES string of the molecule is Cc1ccc(S(=O)(=O)NCC(Cl)CC(C)(C)C)cc1C. The average molecular weight is 318 g/mol. The van der Waals surface area contributed by atoms with Gasteiger partial charge in [0.25, 0.3) is 0 Å². The number of hydrogen-bond acceptors (Lipinski definition) is 2. The van der Waals surface area contributed by atoms with E-state index in [4.69, 9.17) is 11.6 Å². The molecule has 0 aliphatic heterocycles. The molecule has 0 radical (unpaired) electrons. The van der Waals surface area contributed by atoms with Gasteiger partial charge >= 0.3 is 0 Å². The van der Waals surface area contributed by atoms with Gasteiger partial charge < -0.3 is 0 Å². The van der Waals surface area contributed by atoms with Crippen LogP contribution in [0.25, 0.3) is 0 Å².